The number of alkyl halides is 5. The normalized spacial score (nSPS) is 12.5. The second-order valence-corrected chi connectivity index (χ2v) is 6.38. The fourth-order valence-electron chi connectivity index (χ4n) is 3.19. The number of fused-ring (bicyclic) bond motifs is 2. The minimum atomic E-state index is -4.73. The van der Waals surface area contributed by atoms with Gasteiger partial charge in [-0.15, -0.1) is 5.10 Å². The van der Waals surface area contributed by atoms with Crippen LogP contribution >= 0.6 is 0 Å². The zero-order valence-corrected chi connectivity index (χ0v) is 14.6. The maximum absolute atomic E-state index is 13.1. The minimum Gasteiger partial charge on any atom is -0.214 e. The van der Waals surface area contributed by atoms with Gasteiger partial charge in [-0.25, -0.2) is 18.4 Å². The highest BCUT2D eigenvalue weighted by molar-refractivity contribution is 5.83. The van der Waals surface area contributed by atoms with Crippen molar-refractivity contribution in [3.63, 3.8) is 0 Å². The Morgan fingerprint density at radius 3 is 2.61 bits per heavy atom. The Bertz CT molecular complexity index is 1160. The van der Waals surface area contributed by atoms with Gasteiger partial charge in [0.1, 0.15) is 0 Å². The van der Waals surface area contributed by atoms with Crippen LogP contribution in [0.3, 0.4) is 0 Å². The van der Waals surface area contributed by atoms with Crippen molar-refractivity contribution in [3.05, 3.63) is 53.5 Å². The van der Waals surface area contributed by atoms with Crippen LogP contribution in [-0.2, 0) is 12.6 Å². The van der Waals surface area contributed by atoms with Gasteiger partial charge in [0, 0.05) is 11.8 Å². The lowest BCUT2D eigenvalue weighted by Crippen LogP contribution is -2.12. The molecule has 0 saturated carbocycles. The summed E-state index contributed by atoms with van der Waals surface area (Å²) < 4.78 is 67.3. The van der Waals surface area contributed by atoms with Crippen LogP contribution < -0.4 is 0 Å². The minimum absolute atomic E-state index is 0.0413. The Kier molecular flexibility index (Phi) is 4.28. The highest BCUT2D eigenvalue weighted by Crippen LogP contribution is 2.29. The van der Waals surface area contributed by atoms with E-state index in [9.17, 15) is 22.0 Å². The highest BCUT2D eigenvalue weighted by Gasteiger charge is 2.36. The van der Waals surface area contributed by atoms with Gasteiger partial charge in [0.25, 0.3) is 5.82 Å². The lowest BCUT2D eigenvalue weighted by atomic mass is 10.1. The zero-order valence-electron chi connectivity index (χ0n) is 14.6. The van der Waals surface area contributed by atoms with E-state index in [2.05, 4.69) is 15.2 Å². The Morgan fingerprint density at radius 1 is 1.11 bits per heavy atom. The van der Waals surface area contributed by atoms with E-state index in [0.29, 0.717) is 11.1 Å². The molecule has 0 aliphatic heterocycles. The van der Waals surface area contributed by atoms with Gasteiger partial charge in [-0.1, -0.05) is 24.3 Å². The van der Waals surface area contributed by atoms with Gasteiger partial charge >= 0.3 is 6.18 Å². The van der Waals surface area contributed by atoms with E-state index >= 15 is 0 Å². The molecular formula is C18H14F5N5. The van der Waals surface area contributed by atoms with Crippen molar-refractivity contribution >= 4 is 16.6 Å². The molecule has 0 aliphatic rings. The van der Waals surface area contributed by atoms with Crippen molar-refractivity contribution in [2.45, 2.75) is 32.4 Å². The Hall–Kier alpha value is -3.04. The van der Waals surface area contributed by atoms with Crippen LogP contribution in [0, 0.1) is 6.92 Å². The van der Waals surface area contributed by atoms with E-state index in [1.54, 1.807) is 6.20 Å². The first kappa shape index (κ1) is 18.3. The van der Waals surface area contributed by atoms with Gasteiger partial charge in [-0.05, 0) is 30.5 Å². The second-order valence-electron chi connectivity index (χ2n) is 6.38. The molecule has 4 aromatic rings. The van der Waals surface area contributed by atoms with Crippen LogP contribution in [-0.4, -0.2) is 30.8 Å². The van der Waals surface area contributed by atoms with Crippen LogP contribution in [0.15, 0.2) is 36.5 Å². The van der Waals surface area contributed by atoms with E-state index in [0.717, 1.165) is 15.5 Å². The maximum Gasteiger partial charge on any atom is 0.453 e. The van der Waals surface area contributed by atoms with E-state index in [4.69, 9.17) is 0 Å². The first-order valence-corrected chi connectivity index (χ1v) is 8.43. The van der Waals surface area contributed by atoms with Crippen LogP contribution in [0.4, 0.5) is 22.0 Å². The van der Waals surface area contributed by atoms with Gasteiger partial charge in [0.2, 0.25) is 6.43 Å². The maximum atomic E-state index is 13.1. The van der Waals surface area contributed by atoms with Crippen molar-refractivity contribution in [3.8, 4) is 5.82 Å². The average Bonchev–Trinajstić information content (AvgIpc) is 3.24. The van der Waals surface area contributed by atoms with Crippen LogP contribution in [0.5, 0.6) is 0 Å². The Balaban J connectivity index is 2.02. The number of pyridine rings is 1. The number of hydrogen-bond acceptors (Lipinski definition) is 3. The molecule has 0 unspecified atom stereocenters. The van der Waals surface area contributed by atoms with E-state index in [1.807, 2.05) is 25.1 Å². The molecule has 0 saturated heterocycles. The SMILES string of the molecule is Cc1cccc2cnn(-c3c(CCC(F)F)ccc4nc(C(F)(F)F)nn34)c12. The summed E-state index contributed by atoms with van der Waals surface area (Å²) in [6.07, 6.45) is -6.18. The molecule has 28 heavy (non-hydrogen) atoms. The zero-order chi connectivity index (χ0) is 20.1. The van der Waals surface area contributed by atoms with Crippen molar-refractivity contribution in [2.24, 2.45) is 0 Å². The van der Waals surface area contributed by atoms with Gasteiger partial charge in [-0.3, -0.25) is 0 Å². The number of aromatic nitrogens is 5. The molecule has 146 valence electrons. The summed E-state index contributed by atoms with van der Waals surface area (Å²) in [6, 6.07) is 8.31. The number of nitrogens with zero attached hydrogens (tertiary/aromatic N) is 5. The summed E-state index contributed by atoms with van der Waals surface area (Å²) in [5.41, 5.74) is 1.86. The van der Waals surface area contributed by atoms with Crippen molar-refractivity contribution in [1.82, 2.24) is 24.4 Å². The smallest absolute Gasteiger partial charge is 0.214 e. The molecule has 1 aromatic carbocycles. The molecule has 0 amide bonds. The van der Waals surface area contributed by atoms with Gasteiger partial charge in [0.05, 0.1) is 11.7 Å². The number of para-hydroxylation sites is 1. The molecule has 5 nitrogen and oxygen atoms in total. The van der Waals surface area contributed by atoms with E-state index in [-0.39, 0.29) is 17.9 Å². The second kappa shape index (κ2) is 6.54. The quantitative estimate of drug-likeness (QED) is 0.475. The predicted molar refractivity (Wildman–Crippen MR) is 91.7 cm³/mol. The van der Waals surface area contributed by atoms with Gasteiger partial charge in [-0.2, -0.15) is 22.8 Å². The summed E-state index contributed by atoms with van der Waals surface area (Å²) in [7, 11) is 0. The van der Waals surface area contributed by atoms with Crippen LogP contribution in [0.25, 0.3) is 22.4 Å². The van der Waals surface area contributed by atoms with Crippen LogP contribution in [0.2, 0.25) is 0 Å². The van der Waals surface area contributed by atoms with E-state index in [1.165, 1.54) is 16.8 Å². The largest absolute Gasteiger partial charge is 0.453 e. The third kappa shape index (κ3) is 3.08. The number of rotatable bonds is 4. The third-order valence-corrected chi connectivity index (χ3v) is 4.43. The van der Waals surface area contributed by atoms with E-state index < -0.39 is 24.8 Å². The summed E-state index contributed by atoms with van der Waals surface area (Å²) in [5.74, 6) is -1.13. The molecule has 0 radical (unpaired) electrons. The van der Waals surface area contributed by atoms with Crippen molar-refractivity contribution in [1.29, 1.82) is 0 Å². The molecule has 3 heterocycles. The molecule has 0 aliphatic carbocycles. The number of benzene rings is 1. The van der Waals surface area contributed by atoms with Gasteiger partial charge in [0.15, 0.2) is 11.5 Å². The highest BCUT2D eigenvalue weighted by atomic mass is 19.4. The molecule has 0 bridgehead atoms. The Morgan fingerprint density at radius 2 is 1.89 bits per heavy atom. The van der Waals surface area contributed by atoms with Crippen LogP contribution in [0.1, 0.15) is 23.4 Å². The number of aryl methyl sites for hydroxylation is 2. The molecule has 3 aromatic heterocycles. The molecule has 0 fully saturated rings. The molecule has 0 N–H and O–H groups in total. The van der Waals surface area contributed by atoms with Crippen molar-refractivity contribution in [2.75, 3.05) is 0 Å². The third-order valence-electron chi connectivity index (χ3n) is 4.43. The molecule has 4 rings (SSSR count). The Labute approximate surface area is 155 Å². The predicted octanol–water partition coefficient (Wildman–Crippen LogP) is 4.59. The number of hydrogen-bond donors (Lipinski definition) is 0. The first-order chi connectivity index (χ1) is 13.3. The lowest BCUT2D eigenvalue weighted by molar-refractivity contribution is -0.144. The fourth-order valence-corrected chi connectivity index (χ4v) is 3.19. The number of halogens is 5. The standard InChI is InChI=1S/C18H14F5N5/c1-10-3-2-4-12-9-24-28(15(10)12)16-11(5-7-13(19)20)6-8-14-25-17(18(21,22)23)26-27(14)16/h2-4,6,8-9,13H,5,7H2,1H3. The lowest BCUT2D eigenvalue weighted by Gasteiger charge is -2.13. The van der Waals surface area contributed by atoms with Crippen molar-refractivity contribution < 1.29 is 22.0 Å². The fraction of sp³-hybridized carbons (Fsp3) is 0.278. The molecule has 10 heteroatoms. The average molecular weight is 395 g/mol. The topological polar surface area (TPSA) is 48.0 Å². The monoisotopic (exact) mass is 395 g/mol. The van der Waals surface area contributed by atoms with Gasteiger partial charge < -0.3 is 0 Å². The first-order valence-electron chi connectivity index (χ1n) is 8.43. The summed E-state index contributed by atoms with van der Waals surface area (Å²) in [6.45, 7) is 1.84. The summed E-state index contributed by atoms with van der Waals surface area (Å²) >= 11 is 0. The molecular weight excluding hydrogens is 381 g/mol. The summed E-state index contributed by atoms with van der Waals surface area (Å²) in [5, 5.41) is 8.66. The summed E-state index contributed by atoms with van der Waals surface area (Å²) in [4.78, 5) is 3.53. The molecule has 0 spiro atoms. The molecule has 0 atom stereocenters.